The third-order valence-electron chi connectivity index (χ3n) is 1.92. The molecule has 104 valence electrons. The fourth-order valence-electron chi connectivity index (χ4n) is 1.13. The first-order valence-electron chi connectivity index (χ1n) is 5.50. The van der Waals surface area contributed by atoms with Gasteiger partial charge in [0, 0.05) is 18.2 Å². The second kappa shape index (κ2) is 5.71. The van der Waals surface area contributed by atoms with Crippen LogP contribution < -0.4 is 5.32 Å². The Morgan fingerprint density at radius 1 is 1.33 bits per heavy atom. The maximum atomic E-state index is 11.8. The largest absolute Gasteiger partial charge is 0.411 e. The van der Waals surface area contributed by atoms with Gasteiger partial charge in [0.25, 0.3) is 0 Å². The van der Waals surface area contributed by atoms with Gasteiger partial charge in [-0.15, -0.1) is 0 Å². The molecule has 0 unspecified atom stereocenters. The van der Waals surface area contributed by atoms with E-state index in [0.717, 1.165) is 0 Å². The van der Waals surface area contributed by atoms with Gasteiger partial charge in [-0.2, -0.15) is 13.2 Å². The summed E-state index contributed by atoms with van der Waals surface area (Å²) in [7, 11) is 0. The van der Waals surface area contributed by atoms with Crippen molar-refractivity contribution in [1.29, 1.82) is 0 Å². The van der Waals surface area contributed by atoms with Crippen LogP contribution in [0, 0.1) is 0 Å². The minimum Gasteiger partial charge on any atom is -0.364 e. The number of ether oxygens (including phenoxy) is 1. The highest BCUT2D eigenvalue weighted by Gasteiger charge is 2.27. The average molecular weight is 266 g/mol. The molecule has 7 heteroatoms. The van der Waals surface area contributed by atoms with Gasteiger partial charge in [0.2, 0.25) is 0 Å². The molecule has 0 aliphatic rings. The van der Waals surface area contributed by atoms with Crippen LogP contribution in [-0.2, 0) is 17.9 Å². The van der Waals surface area contributed by atoms with Crippen molar-refractivity contribution in [3.63, 3.8) is 0 Å². The van der Waals surface area contributed by atoms with Crippen molar-refractivity contribution in [2.24, 2.45) is 0 Å². The van der Waals surface area contributed by atoms with Crippen LogP contribution in [0.15, 0.2) is 10.6 Å². The Morgan fingerprint density at radius 3 is 2.56 bits per heavy atom. The molecule has 18 heavy (non-hydrogen) atoms. The molecule has 0 aromatic carbocycles. The lowest BCUT2D eigenvalue weighted by Gasteiger charge is -2.19. The molecule has 0 radical (unpaired) electrons. The van der Waals surface area contributed by atoms with Gasteiger partial charge in [-0.3, -0.25) is 0 Å². The lowest BCUT2D eigenvalue weighted by Crippen LogP contribution is -2.35. The minimum atomic E-state index is -4.32. The Labute approximate surface area is 103 Å². The molecule has 0 aliphatic carbocycles. The summed E-state index contributed by atoms with van der Waals surface area (Å²) >= 11 is 0. The van der Waals surface area contributed by atoms with Crippen LogP contribution in [0.3, 0.4) is 0 Å². The van der Waals surface area contributed by atoms with Crippen molar-refractivity contribution in [3.05, 3.63) is 17.5 Å². The van der Waals surface area contributed by atoms with E-state index in [1.807, 2.05) is 20.8 Å². The standard InChI is InChI=1S/C11H17F3N2O2/c1-10(2,3)15-5-8-4-9(18-16-8)6-17-7-11(12,13)14/h4,15H,5-7H2,1-3H3. The van der Waals surface area contributed by atoms with Crippen LogP contribution in [0.25, 0.3) is 0 Å². The Kier molecular flexibility index (Phi) is 4.75. The number of hydrogen-bond acceptors (Lipinski definition) is 4. The molecule has 1 aromatic rings. The summed E-state index contributed by atoms with van der Waals surface area (Å²) in [5.41, 5.74) is 0.571. The monoisotopic (exact) mass is 266 g/mol. The SMILES string of the molecule is CC(C)(C)NCc1cc(COCC(F)(F)F)on1. The van der Waals surface area contributed by atoms with E-state index in [-0.39, 0.29) is 17.9 Å². The quantitative estimate of drug-likeness (QED) is 0.890. The van der Waals surface area contributed by atoms with Gasteiger partial charge in [-0.1, -0.05) is 5.16 Å². The number of aromatic nitrogens is 1. The molecule has 1 N–H and O–H groups in total. The fraction of sp³-hybridized carbons (Fsp3) is 0.727. The van der Waals surface area contributed by atoms with E-state index in [1.165, 1.54) is 0 Å². The minimum absolute atomic E-state index is 0.0636. The van der Waals surface area contributed by atoms with Crippen LogP contribution in [-0.4, -0.2) is 23.5 Å². The van der Waals surface area contributed by atoms with Crippen molar-refractivity contribution in [2.45, 2.75) is 45.6 Å². The zero-order valence-electron chi connectivity index (χ0n) is 10.6. The number of nitrogens with one attached hydrogen (secondary N) is 1. The van der Waals surface area contributed by atoms with Crippen molar-refractivity contribution in [2.75, 3.05) is 6.61 Å². The molecule has 0 aliphatic heterocycles. The molecule has 0 bridgehead atoms. The summed E-state index contributed by atoms with van der Waals surface area (Å²) in [5, 5.41) is 6.92. The van der Waals surface area contributed by atoms with Crippen LogP contribution >= 0.6 is 0 Å². The van der Waals surface area contributed by atoms with Crippen molar-refractivity contribution in [1.82, 2.24) is 10.5 Å². The van der Waals surface area contributed by atoms with Gasteiger partial charge in [0.05, 0.1) is 5.69 Å². The fourth-order valence-corrected chi connectivity index (χ4v) is 1.13. The van der Waals surface area contributed by atoms with Crippen LogP contribution in [0.2, 0.25) is 0 Å². The smallest absolute Gasteiger partial charge is 0.364 e. The van der Waals surface area contributed by atoms with Crippen LogP contribution in [0.1, 0.15) is 32.2 Å². The molecular formula is C11H17F3N2O2. The van der Waals surface area contributed by atoms with E-state index in [0.29, 0.717) is 12.2 Å². The van der Waals surface area contributed by atoms with Gasteiger partial charge in [-0.25, -0.2) is 0 Å². The number of rotatable bonds is 5. The maximum Gasteiger partial charge on any atom is 0.411 e. The third-order valence-corrected chi connectivity index (χ3v) is 1.92. The van der Waals surface area contributed by atoms with Crippen molar-refractivity contribution >= 4 is 0 Å². The Balaban J connectivity index is 2.35. The van der Waals surface area contributed by atoms with Crippen LogP contribution in [0.5, 0.6) is 0 Å². The Bertz CT molecular complexity index is 369. The molecular weight excluding hydrogens is 249 g/mol. The predicted octanol–water partition coefficient (Wildman–Crippen LogP) is 2.64. The topological polar surface area (TPSA) is 47.3 Å². The molecule has 0 spiro atoms. The van der Waals surface area contributed by atoms with Gasteiger partial charge in [0.15, 0.2) is 5.76 Å². The average Bonchev–Trinajstić information content (AvgIpc) is 2.60. The lowest BCUT2D eigenvalue weighted by atomic mass is 10.1. The van der Waals surface area contributed by atoms with E-state index in [9.17, 15) is 13.2 Å². The summed E-state index contributed by atoms with van der Waals surface area (Å²) in [6.45, 7) is 4.97. The summed E-state index contributed by atoms with van der Waals surface area (Å²) in [6, 6.07) is 1.58. The van der Waals surface area contributed by atoms with Gasteiger partial charge in [-0.05, 0) is 20.8 Å². The summed E-state index contributed by atoms with van der Waals surface area (Å²) in [4.78, 5) is 0. The summed E-state index contributed by atoms with van der Waals surface area (Å²) < 4.78 is 44.8. The van der Waals surface area contributed by atoms with Crippen molar-refractivity contribution in [3.8, 4) is 0 Å². The van der Waals surface area contributed by atoms with E-state index < -0.39 is 12.8 Å². The predicted molar refractivity (Wildman–Crippen MR) is 58.8 cm³/mol. The molecule has 0 saturated heterocycles. The molecule has 1 aromatic heterocycles. The zero-order chi connectivity index (χ0) is 13.8. The summed E-state index contributed by atoms with van der Waals surface area (Å²) in [5.74, 6) is 0.282. The second-order valence-corrected chi connectivity index (χ2v) is 5.00. The molecule has 0 amide bonds. The zero-order valence-corrected chi connectivity index (χ0v) is 10.6. The van der Waals surface area contributed by atoms with Crippen LogP contribution in [0.4, 0.5) is 13.2 Å². The first kappa shape index (κ1) is 15.0. The number of hydrogen-bond donors (Lipinski definition) is 1. The third kappa shape index (κ3) is 6.61. The van der Waals surface area contributed by atoms with Crippen molar-refractivity contribution < 1.29 is 22.4 Å². The highest BCUT2D eigenvalue weighted by Crippen LogP contribution is 2.16. The first-order valence-corrected chi connectivity index (χ1v) is 5.50. The van der Waals surface area contributed by atoms with Gasteiger partial charge < -0.3 is 14.6 Å². The van der Waals surface area contributed by atoms with Gasteiger partial charge >= 0.3 is 6.18 Å². The first-order chi connectivity index (χ1) is 8.16. The second-order valence-electron chi connectivity index (χ2n) is 5.00. The summed E-state index contributed by atoms with van der Waals surface area (Å²) in [6.07, 6.45) is -4.32. The Morgan fingerprint density at radius 2 is 2.00 bits per heavy atom. The molecule has 4 nitrogen and oxygen atoms in total. The van der Waals surface area contributed by atoms with Gasteiger partial charge in [0.1, 0.15) is 13.2 Å². The number of alkyl halides is 3. The van der Waals surface area contributed by atoms with E-state index >= 15 is 0 Å². The normalized spacial score (nSPS) is 13.0. The molecule has 0 fully saturated rings. The molecule has 1 rings (SSSR count). The highest BCUT2D eigenvalue weighted by atomic mass is 19.4. The maximum absolute atomic E-state index is 11.8. The molecule has 1 heterocycles. The van der Waals surface area contributed by atoms with E-state index in [4.69, 9.17) is 4.52 Å². The van der Waals surface area contributed by atoms with E-state index in [1.54, 1.807) is 6.07 Å². The highest BCUT2D eigenvalue weighted by molar-refractivity contribution is 5.04. The number of halogens is 3. The lowest BCUT2D eigenvalue weighted by molar-refractivity contribution is -0.177. The Hall–Kier alpha value is -1.08. The number of nitrogens with zero attached hydrogens (tertiary/aromatic N) is 1. The van der Waals surface area contributed by atoms with E-state index in [2.05, 4.69) is 15.2 Å². The molecule has 0 saturated carbocycles. The molecule has 0 atom stereocenters.